The lowest BCUT2D eigenvalue weighted by Gasteiger charge is -2.11. The molecule has 6 nitrogen and oxygen atoms in total. The van der Waals surface area contributed by atoms with E-state index in [-0.39, 0.29) is 29.9 Å². The second-order valence-electron chi connectivity index (χ2n) is 5.61. The van der Waals surface area contributed by atoms with Crippen molar-refractivity contribution in [2.75, 3.05) is 13.6 Å². The molecule has 142 valence electrons. The minimum Gasteiger partial charge on any atom is -0.356 e. The van der Waals surface area contributed by atoms with Gasteiger partial charge in [-0.15, -0.1) is 35.3 Å². The minimum absolute atomic E-state index is 0. The molecule has 0 saturated carbocycles. The lowest BCUT2D eigenvalue weighted by molar-refractivity contribution is -0.121. The fraction of sp³-hybridized carbons (Fsp3) is 0.389. The van der Waals surface area contributed by atoms with Gasteiger partial charge in [-0.2, -0.15) is 0 Å². The van der Waals surface area contributed by atoms with E-state index in [0.717, 1.165) is 16.3 Å². The number of carbonyl (C=O) groups is 1. The Hall–Kier alpha value is -1.68. The molecule has 0 aliphatic carbocycles. The summed E-state index contributed by atoms with van der Waals surface area (Å²) in [5, 5.41) is 10.3. The van der Waals surface area contributed by atoms with Gasteiger partial charge in [-0.25, -0.2) is 4.98 Å². The van der Waals surface area contributed by atoms with Crippen LogP contribution < -0.4 is 16.0 Å². The Morgan fingerprint density at radius 2 is 1.85 bits per heavy atom. The summed E-state index contributed by atoms with van der Waals surface area (Å²) in [4.78, 5) is 21.8. The number of nitrogens with zero attached hydrogens (tertiary/aromatic N) is 2. The molecule has 2 rings (SSSR count). The highest BCUT2D eigenvalue weighted by atomic mass is 127. The van der Waals surface area contributed by atoms with Gasteiger partial charge in [0.25, 0.3) is 0 Å². The van der Waals surface area contributed by atoms with Crippen molar-refractivity contribution >= 4 is 47.2 Å². The third-order valence-electron chi connectivity index (χ3n) is 3.68. The summed E-state index contributed by atoms with van der Waals surface area (Å²) in [5.41, 5.74) is 2.16. The van der Waals surface area contributed by atoms with Crippen LogP contribution in [0, 0.1) is 13.8 Å². The number of benzene rings is 1. The molecular weight excluding hydrogens is 461 g/mol. The standard InChI is InChI=1S/C18H25N5OS.HI/c1-13-14(2)25-17(23-13)12-22-18(19-3)20-10-9-16(24)21-11-15-7-5-4-6-8-15;/h4-8H,9-12H2,1-3H3,(H,21,24)(H2,19,20,22);1H. The van der Waals surface area contributed by atoms with E-state index < -0.39 is 0 Å². The van der Waals surface area contributed by atoms with Crippen LogP contribution in [-0.2, 0) is 17.9 Å². The number of aliphatic imine (C=N–C) groups is 1. The van der Waals surface area contributed by atoms with Crippen LogP contribution in [0.15, 0.2) is 35.3 Å². The number of aromatic nitrogens is 1. The summed E-state index contributed by atoms with van der Waals surface area (Å²) in [7, 11) is 1.71. The van der Waals surface area contributed by atoms with Crippen molar-refractivity contribution in [3.63, 3.8) is 0 Å². The van der Waals surface area contributed by atoms with Crippen molar-refractivity contribution in [3.8, 4) is 0 Å². The number of thiazole rings is 1. The molecule has 0 atom stereocenters. The summed E-state index contributed by atoms with van der Waals surface area (Å²) < 4.78 is 0. The van der Waals surface area contributed by atoms with Gasteiger partial charge in [-0.05, 0) is 19.4 Å². The number of hydrogen-bond acceptors (Lipinski definition) is 4. The molecule has 0 fully saturated rings. The first-order chi connectivity index (χ1) is 12.1. The van der Waals surface area contributed by atoms with E-state index in [4.69, 9.17) is 0 Å². The Morgan fingerprint density at radius 1 is 1.12 bits per heavy atom. The molecule has 1 aromatic heterocycles. The van der Waals surface area contributed by atoms with Crippen LogP contribution in [0.5, 0.6) is 0 Å². The van der Waals surface area contributed by atoms with Gasteiger partial charge >= 0.3 is 0 Å². The van der Waals surface area contributed by atoms with Crippen LogP contribution in [0.25, 0.3) is 0 Å². The van der Waals surface area contributed by atoms with Gasteiger partial charge in [0.05, 0.1) is 12.2 Å². The smallest absolute Gasteiger partial charge is 0.222 e. The Bertz CT molecular complexity index is 698. The fourth-order valence-electron chi connectivity index (χ4n) is 2.17. The third kappa shape index (κ3) is 7.69. The van der Waals surface area contributed by atoms with Crippen LogP contribution in [0.2, 0.25) is 0 Å². The number of aryl methyl sites for hydroxylation is 2. The largest absolute Gasteiger partial charge is 0.356 e. The molecule has 0 aliphatic rings. The first kappa shape index (κ1) is 22.4. The van der Waals surface area contributed by atoms with Gasteiger partial charge < -0.3 is 16.0 Å². The quantitative estimate of drug-likeness (QED) is 0.319. The average molecular weight is 487 g/mol. The topological polar surface area (TPSA) is 78.4 Å². The number of rotatable bonds is 7. The van der Waals surface area contributed by atoms with E-state index in [2.05, 4.69) is 32.9 Å². The maximum Gasteiger partial charge on any atom is 0.222 e. The van der Waals surface area contributed by atoms with Gasteiger partial charge in [0.2, 0.25) is 5.91 Å². The van der Waals surface area contributed by atoms with E-state index in [9.17, 15) is 4.79 Å². The zero-order valence-corrected chi connectivity index (χ0v) is 18.5. The van der Waals surface area contributed by atoms with Crippen molar-refractivity contribution in [3.05, 3.63) is 51.5 Å². The van der Waals surface area contributed by atoms with Crippen LogP contribution in [0.1, 0.15) is 27.6 Å². The van der Waals surface area contributed by atoms with E-state index in [1.54, 1.807) is 18.4 Å². The van der Waals surface area contributed by atoms with Crippen LogP contribution >= 0.6 is 35.3 Å². The molecule has 0 aliphatic heterocycles. The SMILES string of the molecule is CN=C(NCCC(=O)NCc1ccccc1)NCc1nc(C)c(C)s1.I. The Labute approximate surface area is 175 Å². The van der Waals surface area contributed by atoms with E-state index in [0.29, 0.717) is 32.0 Å². The number of hydrogen-bond donors (Lipinski definition) is 3. The Morgan fingerprint density at radius 3 is 2.46 bits per heavy atom. The number of guanidine groups is 1. The summed E-state index contributed by atoms with van der Waals surface area (Å²) in [6.07, 6.45) is 0.392. The number of halogens is 1. The summed E-state index contributed by atoms with van der Waals surface area (Å²) in [6.45, 7) is 5.78. The maximum absolute atomic E-state index is 11.9. The maximum atomic E-state index is 11.9. The monoisotopic (exact) mass is 487 g/mol. The highest BCUT2D eigenvalue weighted by Crippen LogP contribution is 2.15. The van der Waals surface area contributed by atoms with Gasteiger partial charge in [-0.3, -0.25) is 9.79 Å². The Kier molecular flexibility index (Phi) is 10.2. The molecule has 0 spiro atoms. The molecular formula is C18H26IN5OS. The molecule has 26 heavy (non-hydrogen) atoms. The number of nitrogens with one attached hydrogen (secondary N) is 3. The van der Waals surface area contributed by atoms with Crippen molar-refractivity contribution in [2.24, 2.45) is 4.99 Å². The first-order valence-corrected chi connectivity index (χ1v) is 9.08. The van der Waals surface area contributed by atoms with Gasteiger partial charge in [0.1, 0.15) is 5.01 Å². The predicted octanol–water partition coefficient (Wildman–Crippen LogP) is 2.75. The zero-order chi connectivity index (χ0) is 18.1. The predicted molar refractivity (Wildman–Crippen MR) is 118 cm³/mol. The molecule has 0 unspecified atom stereocenters. The third-order valence-corrected chi connectivity index (χ3v) is 4.75. The first-order valence-electron chi connectivity index (χ1n) is 8.26. The van der Waals surface area contributed by atoms with Gasteiger partial charge in [-0.1, -0.05) is 30.3 Å². The molecule has 1 aromatic carbocycles. The highest BCUT2D eigenvalue weighted by Gasteiger charge is 2.06. The number of carbonyl (C=O) groups excluding carboxylic acids is 1. The van der Waals surface area contributed by atoms with Crippen LogP contribution in [-0.4, -0.2) is 30.4 Å². The lowest BCUT2D eigenvalue weighted by Crippen LogP contribution is -2.38. The average Bonchev–Trinajstić information content (AvgIpc) is 2.95. The highest BCUT2D eigenvalue weighted by molar-refractivity contribution is 14.0. The minimum atomic E-state index is 0. The second-order valence-corrected chi connectivity index (χ2v) is 6.90. The fourth-order valence-corrected chi connectivity index (χ4v) is 3.05. The molecule has 0 radical (unpaired) electrons. The molecule has 1 amide bonds. The molecule has 8 heteroatoms. The molecule has 0 saturated heterocycles. The van der Waals surface area contributed by atoms with E-state index in [1.807, 2.05) is 37.3 Å². The summed E-state index contributed by atoms with van der Waals surface area (Å²) in [5.74, 6) is 0.680. The normalized spacial score (nSPS) is 10.8. The van der Waals surface area contributed by atoms with Gasteiger partial charge in [0.15, 0.2) is 5.96 Å². The molecule has 3 N–H and O–H groups in total. The van der Waals surface area contributed by atoms with Crippen molar-refractivity contribution in [1.82, 2.24) is 20.9 Å². The molecule has 1 heterocycles. The van der Waals surface area contributed by atoms with Gasteiger partial charge in [0, 0.05) is 31.4 Å². The summed E-state index contributed by atoms with van der Waals surface area (Å²) in [6, 6.07) is 9.87. The number of amides is 1. The van der Waals surface area contributed by atoms with Crippen LogP contribution in [0.4, 0.5) is 0 Å². The van der Waals surface area contributed by atoms with Crippen molar-refractivity contribution < 1.29 is 4.79 Å². The summed E-state index contributed by atoms with van der Waals surface area (Å²) >= 11 is 1.68. The molecule has 2 aromatic rings. The van der Waals surface area contributed by atoms with Crippen molar-refractivity contribution in [2.45, 2.75) is 33.4 Å². The van der Waals surface area contributed by atoms with Crippen molar-refractivity contribution in [1.29, 1.82) is 0 Å². The zero-order valence-electron chi connectivity index (χ0n) is 15.3. The van der Waals surface area contributed by atoms with E-state index in [1.165, 1.54) is 4.88 Å². The molecule has 0 bridgehead atoms. The Balaban J connectivity index is 0.00000338. The van der Waals surface area contributed by atoms with Crippen LogP contribution in [0.3, 0.4) is 0 Å². The lowest BCUT2D eigenvalue weighted by atomic mass is 10.2. The van der Waals surface area contributed by atoms with E-state index >= 15 is 0 Å². The second kappa shape index (κ2) is 11.8.